The summed E-state index contributed by atoms with van der Waals surface area (Å²) in [5.74, 6) is 2.43. The quantitative estimate of drug-likeness (QED) is 0.891. The Balaban J connectivity index is 1.40. The van der Waals surface area contributed by atoms with Crippen molar-refractivity contribution in [3.63, 3.8) is 0 Å². The van der Waals surface area contributed by atoms with Gasteiger partial charge in [-0.05, 0) is 49.1 Å². The van der Waals surface area contributed by atoms with E-state index in [2.05, 4.69) is 51.4 Å². The van der Waals surface area contributed by atoms with E-state index in [1.54, 1.807) is 6.33 Å². The molecular weight excluding hydrogens is 324 g/mol. The zero-order valence-corrected chi connectivity index (χ0v) is 15.2. The zero-order valence-electron chi connectivity index (χ0n) is 15.2. The topological polar surface area (TPSA) is 61.3 Å². The third-order valence-corrected chi connectivity index (χ3v) is 6.50. The van der Waals surface area contributed by atoms with E-state index in [1.807, 2.05) is 0 Å². The van der Waals surface area contributed by atoms with Crippen molar-refractivity contribution in [3.8, 4) is 0 Å². The Morgan fingerprint density at radius 2 is 2.04 bits per heavy atom. The van der Waals surface area contributed by atoms with Gasteiger partial charge < -0.3 is 15.3 Å². The minimum absolute atomic E-state index is 0.182. The van der Waals surface area contributed by atoms with Gasteiger partial charge in [-0.15, -0.1) is 0 Å². The van der Waals surface area contributed by atoms with Crippen molar-refractivity contribution in [2.75, 3.05) is 16.8 Å². The Hall–Kier alpha value is -2.14. The molecule has 1 fully saturated rings. The molecule has 26 heavy (non-hydrogen) atoms. The predicted molar refractivity (Wildman–Crippen MR) is 102 cm³/mol. The van der Waals surface area contributed by atoms with Crippen LogP contribution in [0.3, 0.4) is 0 Å². The third kappa shape index (κ3) is 2.57. The fraction of sp³-hybridized carbons (Fsp3) is 0.524. The molecule has 2 N–H and O–H groups in total. The number of hydrogen-bond acceptors (Lipinski definition) is 5. The lowest BCUT2D eigenvalue weighted by atomic mass is 10.1. The van der Waals surface area contributed by atoms with Gasteiger partial charge in [0, 0.05) is 18.2 Å². The lowest BCUT2D eigenvalue weighted by molar-refractivity contribution is 0.140. The van der Waals surface area contributed by atoms with Crippen molar-refractivity contribution in [1.29, 1.82) is 0 Å². The number of benzene rings is 1. The van der Waals surface area contributed by atoms with Gasteiger partial charge in [0.1, 0.15) is 18.0 Å². The number of aromatic nitrogens is 2. The Morgan fingerprint density at radius 3 is 2.88 bits per heavy atom. The van der Waals surface area contributed by atoms with Gasteiger partial charge in [0.05, 0.1) is 12.1 Å². The van der Waals surface area contributed by atoms with Gasteiger partial charge >= 0.3 is 0 Å². The molecule has 4 atom stereocenters. The highest BCUT2D eigenvalue weighted by Gasteiger charge is 2.37. The number of aliphatic hydroxyl groups is 1. The van der Waals surface area contributed by atoms with Crippen LogP contribution in [0, 0.1) is 5.92 Å². The van der Waals surface area contributed by atoms with Crippen molar-refractivity contribution >= 4 is 11.6 Å². The van der Waals surface area contributed by atoms with Crippen LogP contribution in [-0.2, 0) is 12.8 Å². The van der Waals surface area contributed by atoms with Crippen LogP contribution in [-0.4, -0.2) is 33.8 Å². The lowest BCUT2D eigenvalue weighted by Crippen LogP contribution is -2.32. The molecule has 2 heterocycles. The maximum atomic E-state index is 10.1. The molecule has 0 radical (unpaired) electrons. The molecule has 0 unspecified atom stereocenters. The maximum Gasteiger partial charge on any atom is 0.137 e. The van der Waals surface area contributed by atoms with Crippen LogP contribution in [0.5, 0.6) is 0 Å². The monoisotopic (exact) mass is 350 g/mol. The number of rotatable bonds is 3. The highest BCUT2D eigenvalue weighted by Crippen LogP contribution is 2.40. The number of fused-ring (bicyclic) bond motifs is 2. The smallest absolute Gasteiger partial charge is 0.137 e. The molecule has 1 aromatic carbocycles. The first-order chi connectivity index (χ1) is 12.7. The summed E-state index contributed by atoms with van der Waals surface area (Å²) >= 11 is 0. The van der Waals surface area contributed by atoms with Crippen LogP contribution in [0.25, 0.3) is 0 Å². The number of aryl methyl sites for hydroxylation is 1. The standard InChI is InChI=1S/C21H26N4O/c1-13-10-15(11-19(13)26)25-9-8-17-20(22-12-23-21(17)25)24-18-7-6-14-4-2-3-5-16(14)18/h2-5,12-13,15,18-19,26H,6-11H2,1H3,(H,22,23,24)/t13-,15+,18-,19-/m0/s1. The van der Waals surface area contributed by atoms with Crippen LogP contribution in [0.4, 0.5) is 11.6 Å². The minimum atomic E-state index is -0.182. The highest BCUT2D eigenvalue weighted by molar-refractivity contribution is 5.64. The molecule has 0 spiro atoms. The van der Waals surface area contributed by atoms with Crippen molar-refractivity contribution in [2.45, 2.75) is 57.2 Å². The molecule has 1 saturated carbocycles. The SMILES string of the molecule is C[C@H]1C[C@@H](N2CCc3c(N[C@H]4CCc5ccccc54)ncnc32)C[C@@H]1O. The Bertz CT molecular complexity index is 813. The number of aliphatic hydroxyl groups excluding tert-OH is 1. The van der Waals surface area contributed by atoms with E-state index < -0.39 is 0 Å². The summed E-state index contributed by atoms with van der Waals surface area (Å²) in [6, 6.07) is 9.45. The van der Waals surface area contributed by atoms with E-state index >= 15 is 0 Å². The number of hydrogen-bond donors (Lipinski definition) is 2. The number of nitrogens with one attached hydrogen (secondary N) is 1. The molecule has 5 rings (SSSR count). The third-order valence-electron chi connectivity index (χ3n) is 6.50. The normalized spacial score (nSPS) is 29.7. The first-order valence-electron chi connectivity index (χ1n) is 9.83. The van der Waals surface area contributed by atoms with Crippen LogP contribution in [0.1, 0.15) is 48.9 Å². The van der Waals surface area contributed by atoms with Gasteiger partial charge in [0.15, 0.2) is 0 Å². The van der Waals surface area contributed by atoms with Crippen LogP contribution in [0.2, 0.25) is 0 Å². The molecular formula is C21H26N4O. The second-order valence-electron chi connectivity index (χ2n) is 8.07. The first-order valence-corrected chi connectivity index (χ1v) is 9.83. The fourth-order valence-corrected chi connectivity index (χ4v) is 5.02. The van der Waals surface area contributed by atoms with Crippen molar-refractivity contribution in [3.05, 3.63) is 47.3 Å². The number of nitrogens with zero attached hydrogens (tertiary/aromatic N) is 3. The van der Waals surface area contributed by atoms with Gasteiger partial charge in [-0.2, -0.15) is 0 Å². The van der Waals surface area contributed by atoms with Crippen LogP contribution in [0.15, 0.2) is 30.6 Å². The molecule has 5 nitrogen and oxygen atoms in total. The summed E-state index contributed by atoms with van der Waals surface area (Å²) in [5.41, 5.74) is 4.10. The van der Waals surface area contributed by atoms with Gasteiger partial charge in [-0.25, -0.2) is 9.97 Å². The minimum Gasteiger partial charge on any atom is -0.393 e. The molecule has 5 heteroatoms. The van der Waals surface area contributed by atoms with Gasteiger partial charge in [-0.3, -0.25) is 0 Å². The van der Waals surface area contributed by atoms with Crippen LogP contribution < -0.4 is 10.2 Å². The van der Waals surface area contributed by atoms with Gasteiger partial charge in [-0.1, -0.05) is 31.2 Å². The summed E-state index contributed by atoms with van der Waals surface area (Å²) < 4.78 is 0. The molecule has 0 amide bonds. The molecule has 3 aliphatic rings. The van der Waals surface area contributed by atoms with Crippen molar-refractivity contribution in [1.82, 2.24) is 9.97 Å². The summed E-state index contributed by atoms with van der Waals surface area (Å²) in [7, 11) is 0. The van der Waals surface area contributed by atoms with E-state index in [1.165, 1.54) is 16.7 Å². The first kappa shape index (κ1) is 16.1. The van der Waals surface area contributed by atoms with E-state index in [4.69, 9.17) is 0 Å². The van der Waals surface area contributed by atoms with E-state index in [-0.39, 0.29) is 6.10 Å². The van der Waals surface area contributed by atoms with Gasteiger partial charge in [0.25, 0.3) is 0 Å². The maximum absolute atomic E-state index is 10.1. The molecule has 1 aliphatic heterocycles. The van der Waals surface area contributed by atoms with E-state index in [0.29, 0.717) is 18.0 Å². The average Bonchev–Trinajstić information content (AvgIpc) is 3.34. The molecule has 0 bridgehead atoms. The summed E-state index contributed by atoms with van der Waals surface area (Å²) in [6.07, 6.45) is 6.63. The van der Waals surface area contributed by atoms with Crippen LogP contribution >= 0.6 is 0 Å². The molecule has 1 aromatic heterocycles. The van der Waals surface area contributed by atoms with Gasteiger partial charge in [0.2, 0.25) is 0 Å². The molecule has 136 valence electrons. The Labute approximate surface area is 154 Å². The molecule has 2 aliphatic carbocycles. The largest absolute Gasteiger partial charge is 0.393 e. The van der Waals surface area contributed by atoms with Crippen molar-refractivity contribution in [2.24, 2.45) is 5.92 Å². The predicted octanol–water partition coefficient (Wildman–Crippen LogP) is 3.10. The second-order valence-corrected chi connectivity index (χ2v) is 8.07. The number of anilines is 2. The Kier molecular flexibility index (Phi) is 3.85. The molecule has 0 saturated heterocycles. The second kappa shape index (κ2) is 6.23. The molecule has 2 aromatic rings. The summed E-state index contributed by atoms with van der Waals surface area (Å²) in [4.78, 5) is 11.6. The average molecular weight is 350 g/mol. The highest BCUT2D eigenvalue weighted by atomic mass is 16.3. The zero-order chi connectivity index (χ0) is 17.7. The van der Waals surface area contributed by atoms with E-state index in [0.717, 1.165) is 50.3 Å². The Morgan fingerprint density at radius 1 is 1.15 bits per heavy atom. The van der Waals surface area contributed by atoms with E-state index in [9.17, 15) is 5.11 Å². The summed E-state index contributed by atoms with van der Waals surface area (Å²) in [6.45, 7) is 3.13. The summed E-state index contributed by atoms with van der Waals surface area (Å²) in [5, 5.41) is 13.8. The van der Waals surface area contributed by atoms with Crippen molar-refractivity contribution < 1.29 is 5.11 Å². The fourth-order valence-electron chi connectivity index (χ4n) is 5.02. The lowest BCUT2D eigenvalue weighted by Gasteiger charge is -2.26.